The first kappa shape index (κ1) is 13.6. The molecule has 5 heteroatoms. The number of aromatic amines is 1. The molecule has 0 radical (unpaired) electrons. The average Bonchev–Trinajstić information content (AvgIpc) is 2.76. The lowest BCUT2D eigenvalue weighted by Crippen LogP contribution is -2.13. The zero-order chi connectivity index (χ0) is 13.8. The van der Waals surface area contributed by atoms with Gasteiger partial charge in [-0.2, -0.15) is 5.10 Å². The van der Waals surface area contributed by atoms with Crippen molar-refractivity contribution in [3.8, 4) is 0 Å². The number of nitrogens with zero attached hydrogens (tertiary/aromatic N) is 1. The number of rotatable bonds is 4. The minimum atomic E-state index is -0.177. The van der Waals surface area contributed by atoms with Crippen LogP contribution in [0.4, 0.5) is 5.82 Å². The van der Waals surface area contributed by atoms with E-state index in [4.69, 9.17) is 11.6 Å². The number of hydrogen-bond acceptors (Lipinski definition) is 2. The van der Waals surface area contributed by atoms with E-state index in [1.165, 1.54) is 0 Å². The molecule has 0 unspecified atom stereocenters. The van der Waals surface area contributed by atoms with Gasteiger partial charge < -0.3 is 5.32 Å². The van der Waals surface area contributed by atoms with E-state index in [9.17, 15) is 4.79 Å². The highest BCUT2D eigenvalue weighted by Crippen LogP contribution is 2.17. The molecule has 0 bridgehead atoms. The maximum Gasteiger partial charge on any atom is 0.257 e. The second-order valence-electron chi connectivity index (χ2n) is 4.44. The first-order valence-corrected chi connectivity index (χ1v) is 6.59. The van der Waals surface area contributed by atoms with Crippen LogP contribution < -0.4 is 5.32 Å². The molecule has 0 spiro atoms. The van der Waals surface area contributed by atoms with E-state index in [1.807, 2.05) is 13.0 Å². The third-order valence-corrected chi connectivity index (χ3v) is 3.06. The van der Waals surface area contributed by atoms with Crippen LogP contribution in [0.3, 0.4) is 0 Å². The molecule has 19 heavy (non-hydrogen) atoms. The molecule has 1 amide bonds. The third kappa shape index (κ3) is 3.35. The number of carbonyl (C=O) groups excluding carboxylic acids is 1. The maximum absolute atomic E-state index is 12.1. The number of carbonyl (C=O) groups is 1. The van der Waals surface area contributed by atoms with Crippen LogP contribution in [0.25, 0.3) is 0 Å². The fourth-order valence-electron chi connectivity index (χ4n) is 1.89. The smallest absolute Gasteiger partial charge is 0.257 e. The SMILES string of the molecule is CCCc1cc(NC(=O)c2ccc(Cl)cc2C)n[nH]1. The number of benzene rings is 1. The van der Waals surface area contributed by atoms with Crippen molar-refractivity contribution in [2.75, 3.05) is 5.32 Å². The summed E-state index contributed by atoms with van der Waals surface area (Å²) >= 11 is 5.87. The molecule has 1 aromatic heterocycles. The molecular weight excluding hydrogens is 262 g/mol. The molecule has 2 aromatic rings. The van der Waals surface area contributed by atoms with Gasteiger partial charge in [0.2, 0.25) is 0 Å². The Morgan fingerprint density at radius 3 is 2.89 bits per heavy atom. The molecule has 1 heterocycles. The predicted octanol–water partition coefficient (Wildman–Crippen LogP) is 3.58. The molecule has 2 N–H and O–H groups in total. The molecule has 0 aliphatic heterocycles. The van der Waals surface area contributed by atoms with Crippen LogP contribution in [0.1, 0.15) is 35.0 Å². The van der Waals surface area contributed by atoms with E-state index >= 15 is 0 Å². The van der Waals surface area contributed by atoms with Crippen LogP contribution in [-0.4, -0.2) is 16.1 Å². The summed E-state index contributed by atoms with van der Waals surface area (Å²) in [5.41, 5.74) is 2.46. The van der Waals surface area contributed by atoms with E-state index in [-0.39, 0.29) is 5.91 Å². The largest absolute Gasteiger partial charge is 0.305 e. The summed E-state index contributed by atoms with van der Waals surface area (Å²) in [6.45, 7) is 3.95. The van der Waals surface area contributed by atoms with Gasteiger partial charge in [-0.3, -0.25) is 9.89 Å². The monoisotopic (exact) mass is 277 g/mol. The standard InChI is InChI=1S/C14H16ClN3O/c1-3-4-11-8-13(18-17-11)16-14(19)12-6-5-10(15)7-9(12)2/h5-8H,3-4H2,1-2H3,(H2,16,17,18,19). The van der Waals surface area contributed by atoms with Gasteiger partial charge in [-0.15, -0.1) is 0 Å². The Kier molecular flexibility index (Phi) is 4.22. The van der Waals surface area contributed by atoms with E-state index in [0.29, 0.717) is 16.4 Å². The van der Waals surface area contributed by atoms with Gasteiger partial charge in [0.1, 0.15) is 0 Å². The van der Waals surface area contributed by atoms with Crippen molar-refractivity contribution in [3.05, 3.63) is 46.1 Å². The number of anilines is 1. The quantitative estimate of drug-likeness (QED) is 0.897. The van der Waals surface area contributed by atoms with Gasteiger partial charge in [-0.1, -0.05) is 24.9 Å². The molecule has 0 aliphatic carbocycles. The first-order chi connectivity index (χ1) is 9.10. The Morgan fingerprint density at radius 1 is 1.42 bits per heavy atom. The van der Waals surface area contributed by atoms with E-state index in [0.717, 1.165) is 24.1 Å². The van der Waals surface area contributed by atoms with E-state index in [1.54, 1.807) is 18.2 Å². The van der Waals surface area contributed by atoms with Crippen LogP contribution in [0, 0.1) is 6.92 Å². The molecule has 0 saturated heterocycles. The minimum absolute atomic E-state index is 0.177. The molecule has 0 aliphatic rings. The predicted molar refractivity (Wildman–Crippen MR) is 76.7 cm³/mol. The summed E-state index contributed by atoms with van der Waals surface area (Å²) in [6, 6.07) is 7.04. The number of halogens is 1. The highest BCUT2D eigenvalue weighted by atomic mass is 35.5. The normalized spacial score (nSPS) is 10.5. The van der Waals surface area contributed by atoms with E-state index in [2.05, 4.69) is 22.4 Å². The molecule has 0 atom stereocenters. The van der Waals surface area contributed by atoms with Crippen molar-refractivity contribution in [1.29, 1.82) is 0 Å². The van der Waals surface area contributed by atoms with Crippen LogP contribution in [0.15, 0.2) is 24.3 Å². The Morgan fingerprint density at radius 2 is 2.21 bits per heavy atom. The van der Waals surface area contributed by atoms with Crippen molar-refractivity contribution in [2.24, 2.45) is 0 Å². The number of aromatic nitrogens is 2. The summed E-state index contributed by atoms with van der Waals surface area (Å²) in [5.74, 6) is 0.367. The molecule has 4 nitrogen and oxygen atoms in total. The van der Waals surface area contributed by atoms with Gasteiger partial charge in [0.25, 0.3) is 5.91 Å². The summed E-state index contributed by atoms with van der Waals surface area (Å²) < 4.78 is 0. The lowest BCUT2D eigenvalue weighted by molar-refractivity contribution is 0.102. The Labute approximate surface area is 117 Å². The summed E-state index contributed by atoms with van der Waals surface area (Å²) in [5, 5.41) is 10.4. The first-order valence-electron chi connectivity index (χ1n) is 6.22. The Balaban J connectivity index is 2.11. The number of hydrogen-bond donors (Lipinski definition) is 2. The molecule has 1 aromatic carbocycles. The number of aryl methyl sites for hydroxylation is 2. The fraction of sp³-hybridized carbons (Fsp3) is 0.286. The molecular formula is C14H16ClN3O. The van der Waals surface area contributed by atoms with Gasteiger partial charge in [0.05, 0.1) is 0 Å². The maximum atomic E-state index is 12.1. The zero-order valence-corrected chi connectivity index (χ0v) is 11.7. The summed E-state index contributed by atoms with van der Waals surface area (Å²) in [6.07, 6.45) is 1.95. The van der Waals surface area contributed by atoms with Crippen LogP contribution >= 0.6 is 11.6 Å². The van der Waals surface area contributed by atoms with Gasteiger partial charge in [0, 0.05) is 22.3 Å². The fourth-order valence-corrected chi connectivity index (χ4v) is 2.12. The van der Waals surface area contributed by atoms with Crippen molar-refractivity contribution < 1.29 is 4.79 Å². The minimum Gasteiger partial charge on any atom is -0.305 e. The lowest BCUT2D eigenvalue weighted by Gasteiger charge is -2.05. The number of nitrogens with one attached hydrogen (secondary N) is 2. The summed E-state index contributed by atoms with van der Waals surface area (Å²) in [4.78, 5) is 12.1. The van der Waals surface area contributed by atoms with Crippen molar-refractivity contribution >= 4 is 23.3 Å². The van der Waals surface area contributed by atoms with Crippen LogP contribution in [-0.2, 0) is 6.42 Å². The Hall–Kier alpha value is -1.81. The second-order valence-corrected chi connectivity index (χ2v) is 4.88. The van der Waals surface area contributed by atoms with Crippen molar-refractivity contribution in [2.45, 2.75) is 26.7 Å². The zero-order valence-electron chi connectivity index (χ0n) is 11.0. The topological polar surface area (TPSA) is 57.8 Å². The average molecular weight is 278 g/mol. The number of H-pyrrole nitrogens is 1. The third-order valence-electron chi connectivity index (χ3n) is 2.82. The van der Waals surface area contributed by atoms with Crippen molar-refractivity contribution in [3.63, 3.8) is 0 Å². The second kappa shape index (κ2) is 5.89. The summed E-state index contributed by atoms with van der Waals surface area (Å²) in [7, 11) is 0. The lowest BCUT2D eigenvalue weighted by atomic mass is 10.1. The molecule has 100 valence electrons. The van der Waals surface area contributed by atoms with Crippen molar-refractivity contribution in [1.82, 2.24) is 10.2 Å². The van der Waals surface area contributed by atoms with Gasteiger partial charge in [-0.05, 0) is 37.1 Å². The molecule has 0 saturated carbocycles. The van der Waals surface area contributed by atoms with E-state index < -0.39 is 0 Å². The van der Waals surface area contributed by atoms with Crippen LogP contribution in [0.2, 0.25) is 5.02 Å². The van der Waals surface area contributed by atoms with Crippen LogP contribution in [0.5, 0.6) is 0 Å². The number of amides is 1. The Bertz CT molecular complexity index is 592. The van der Waals surface area contributed by atoms with Gasteiger partial charge >= 0.3 is 0 Å². The highest BCUT2D eigenvalue weighted by Gasteiger charge is 2.11. The van der Waals surface area contributed by atoms with Gasteiger partial charge in [-0.25, -0.2) is 0 Å². The highest BCUT2D eigenvalue weighted by molar-refractivity contribution is 6.30. The molecule has 0 fully saturated rings. The van der Waals surface area contributed by atoms with Gasteiger partial charge in [0.15, 0.2) is 5.82 Å². The molecule has 2 rings (SSSR count).